The molecule has 4 rings (SSSR count). The highest BCUT2D eigenvalue weighted by molar-refractivity contribution is 5.64. The molecular weight excluding hydrogens is 282 g/mol. The summed E-state index contributed by atoms with van der Waals surface area (Å²) in [6.07, 6.45) is 1.57. The average molecular weight is 299 g/mol. The van der Waals surface area contributed by atoms with Crippen molar-refractivity contribution in [2.45, 2.75) is 18.9 Å². The van der Waals surface area contributed by atoms with E-state index in [4.69, 9.17) is 9.47 Å². The predicted molar refractivity (Wildman–Crippen MR) is 81.0 cm³/mol. The molecule has 0 spiro atoms. The van der Waals surface area contributed by atoms with Crippen LogP contribution < -0.4 is 14.4 Å². The van der Waals surface area contributed by atoms with E-state index < -0.39 is 0 Å². The molecule has 0 radical (unpaired) electrons. The van der Waals surface area contributed by atoms with Gasteiger partial charge in [-0.2, -0.15) is 0 Å². The number of β-amino-alcohol motifs (C(OH)–C–C–N with tert-alkyl or cyclic N) is 1. The number of hydrogen-bond donors (Lipinski definition) is 1. The number of rotatable bonds is 2. The van der Waals surface area contributed by atoms with Crippen LogP contribution in [0.2, 0.25) is 0 Å². The number of ether oxygens (including phenoxy) is 2. The molecule has 22 heavy (non-hydrogen) atoms. The summed E-state index contributed by atoms with van der Waals surface area (Å²) in [6, 6.07) is 9.64. The maximum absolute atomic E-state index is 9.75. The molecule has 0 saturated carbocycles. The summed E-state index contributed by atoms with van der Waals surface area (Å²) in [5.74, 6) is 2.31. The Labute approximate surface area is 128 Å². The van der Waals surface area contributed by atoms with E-state index in [1.165, 1.54) is 0 Å². The third kappa shape index (κ3) is 2.46. The molecule has 1 unspecified atom stereocenters. The summed E-state index contributed by atoms with van der Waals surface area (Å²) in [5, 5.41) is 18.4. The van der Waals surface area contributed by atoms with E-state index in [1.807, 2.05) is 30.3 Å². The Morgan fingerprint density at radius 3 is 2.82 bits per heavy atom. The zero-order valence-corrected chi connectivity index (χ0v) is 12.1. The van der Waals surface area contributed by atoms with E-state index in [0.717, 1.165) is 48.0 Å². The lowest BCUT2D eigenvalue weighted by Crippen LogP contribution is -2.38. The number of hydrogen-bond acceptors (Lipinski definition) is 6. The first-order valence-corrected chi connectivity index (χ1v) is 7.46. The van der Waals surface area contributed by atoms with Crippen LogP contribution in [0.15, 0.2) is 30.3 Å². The Morgan fingerprint density at radius 1 is 1.09 bits per heavy atom. The SMILES string of the molecule is OC1CCCN(c2ccc(-c3ccc4c(c3)OCO4)nn2)C1. The molecule has 1 saturated heterocycles. The van der Waals surface area contributed by atoms with Crippen molar-refractivity contribution in [1.29, 1.82) is 0 Å². The molecule has 2 aliphatic rings. The fourth-order valence-corrected chi connectivity index (χ4v) is 2.87. The Morgan fingerprint density at radius 2 is 2.00 bits per heavy atom. The summed E-state index contributed by atoms with van der Waals surface area (Å²) in [5.41, 5.74) is 1.74. The van der Waals surface area contributed by atoms with Crippen LogP contribution in [0.3, 0.4) is 0 Å². The lowest BCUT2D eigenvalue weighted by atomic mass is 10.1. The molecule has 6 heteroatoms. The van der Waals surface area contributed by atoms with Crippen molar-refractivity contribution in [3.63, 3.8) is 0 Å². The van der Waals surface area contributed by atoms with Gasteiger partial charge in [-0.05, 0) is 43.2 Å². The molecule has 114 valence electrons. The predicted octanol–water partition coefficient (Wildman–Crippen LogP) is 1.83. The van der Waals surface area contributed by atoms with Gasteiger partial charge in [0.2, 0.25) is 6.79 Å². The topological polar surface area (TPSA) is 67.7 Å². The summed E-state index contributed by atoms with van der Waals surface area (Å²) in [7, 11) is 0. The lowest BCUT2D eigenvalue weighted by Gasteiger charge is -2.30. The monoisotopic (exact) mass is 299 g/mol. The standard InChI is InChI=1S/C16H17N3O3/c20-12-2-1-7-19(9-12)16-6-4-13(17-18-16)11-3-5-14-15(8-11)22-10-21-14/h3-6,8,12,20H,1-2,7,9-10H2. The summed E-state index contributed by atoms with van der Waals surface area (Å²) < 4.78 is 10.7. The Balaban J connectivity index is 1.56. The van der Waals surface area contributed by atoms with Crippen LogP contribution in [0.4, 0.5) is 5.82 Å². The van der Waals surface area contributed by atoms with Gasteiger partial charge in [-0.1, -0.05) is 0 Å². The first-order chi connectivity index (χ1) is 10.8. The van der Waals surface area contributed by atoms with Gasteiger partial charge in [0.15, 0.2) is 17.3 Å². The first-order valence-electron chi connectivity index (χ1n) is 7.46. The number of aliphatic hydroxyl groups excluding tert-OH is 1. The van der Waals surface area contributed by atoms with Crippen LogP contribution >= 0.6 is 0 Å². The van der Waals surface area contributed by atoms with Crippen molar-refractivity contribution in [3.05, 3.63) is 30.3 Å². The lowest BCUT2D eigenvalue weighted by molar-refractivity contribution is 0.154. The largest absolute Gasteiger partial charge is 0.454 e. The number of benzene rings is 1. The van der Waals surface area contributed by atoms with E-state index in [0.29, 0.717) is 6.54 Å². The van der Waals surface area contributed by atoms with Crippen molar-refractivity contribution in [2.75, 3.05) is 24.8 Å². The number of aliphatic hydroxyl groups is 1. The van der Waals surface area contributed by atoms with E-state index >= 15 is 0 Å². The van der Waals surface area contributed by atoms with Crippen LogP contribution in [-0.2, 0) is 0 Å². The minimum absolute atomic E-state index is 0.265. The minimum atomic E-state index is -0.274. The quantitative estimate of drug-likeness (QED) is 0.912. The summed E-state index contributed by atoms with van der Waals surface area (Å²) in [4.78, 5) is 2.07. The molecule has 6 nitrogen and oxygen atoms in total. The molecule has 1 atom stereocenters. The van der Waals surface area contributed by atoms with Crippen LogP contribution in [0, 0.1) is 0 Å². The van der Waals surface area contributed by atoms with Gasteiger partial charge in [-0.15, -0.1) is 10.2 Å². The van der Waals surface area contributed by atoms with Gasteiger partial charge in [-0.3, -0.25) is 0 Å². The van der Waals surface area contributed by atoms with Crippen LogP contribution in [0.25, 0.3) is 11.3 Å². The van der Waals surface area contributed by atoms with Gasteiger partial charge in [0.05, 0.1) is 11.8 Å². The second kappa shape index (κ2) is 5.46. The van der Waals surface area contributed by atoms with Gasteiger partial charge in [0, 0.05) is 18.7 Å². The third-order valence-corrected chi connectivity index (χ3v) is 4.04. The zero-order chi connectivity index (χ0) is 14.9. The van der Waals surface area contributed by atoms with Crippen molar-refractivity contribution < 1.29 is 14.6 Å². The van der Waals surface area contributed by atoms with Crippen LogP contribution in [-0.4, -0.2) is 41.3 Å². The molecule has 0 aliphatic carbocycles. The highest BCUT2D eigenvalue weighted by Gasteiger charge is 2.19. The van der Waals surface area contributed by atoms with Gasteiger partial charge in [0.25, 0.3) is 0 Å². The van der Waals surface area contributed by atoms with Crippen molar-refractivity contribution >= 4 is 5.82 Å². The number of aromatic nitrogens is 2. The van der Waals surface area contributed by atoms with Gasteiger partial charge in [0.1, 0.15) is 0 Å². The number of nitrogens with zero attached hydrogens (tertiary/aromatic N) is 3. The molecular formula is C16H17N3O3. The molecule has 1 aromatic heterocycles. The fraction of sp³-hybridized carbons (Fsp3) is 0.375. The van der Waals surface area contributed by atoms with E-state index in [2.05, 4.69) is 15.1 Å². The number of fused-ring (bicyclic) bond motifs is 1. The maximum Gasteiger partial charge on any atom is 0.231 e. The first kappa shape index (κ1) is 13.3. The number of anilines is 1. The fourth-order valence-electron chi connectivity index (χ4n) is 2.87. The second-order valence-corrected chi connectivity index (χ2v) is 5.59. The molecule has 0 amide bonds. The van der Waals surface area contributed by atoms with Crippen molar-refractivity contribution in [2.24, 2.45) is 0 Å². The minimum Gasteiger partial charge on any atom is -0.454 e. The van der Waals surface area contributed by atoms with Crippen molar-refractivity contribution in [3.8, 4) is 22.8 Å². The zero-order valence-electron chi connectivity index (χ0n) is 12.1. The van der Waals surface area contributed by atoms with Crippen LogP contribution in [0.1, 0.15) is 12.8 Å². The van der Waals surface area contributed by atoms with E-state index in [9.17, 15) is 5.11 Å². The molecule has 1 aromatic carbocycles. The summed E-state index contributed by atoms with van der Waals surface area (Å²) >= 11 is 0. The highest BCUT2D eigenvalue weighted by atomic mass is 16.7. The maximum atomic E-state index is 9.75. The highest BCUT2D eigenvalue weighted by Crippen LogP contribution is 2.35. The smallest absolute Gasteiger partial charge is 0.231 e. The Hall–Kier alpha value is -2.34. The molecule has 0 bridgehead atoms. The second-order valence-electron chi connectivity index (χ2n) is 5.59. The number of piperidine rings is 1. The molecule has 2 aliphatic heterocycles. The summed E-state index contributed by atoms with van der Waals surface area (Å²) in [6.45, 7) is 1.80. The molecule has 3 heterocycles. The molecule has 2 aromatic rings. The average Bonchev–Trinajstić information content (AvgIpc) is 3.02. The van der Waals surface area contributed by atoms with Crippen molar-refractivity contribution in [1.82, 2.24) is 10.2 Å². The molecule has 1 fully saturated rings. The normalized spacial score (nSPS) is 20.2. The van der Waals surface area contributed by atoms with Crippen LogP contribution in [0.5, 0.6) is 11.5 Å². The molecule has 1 N–H and O–H groups in total. The van der Waals surface area contributed by atoms with Gasteiger partial charge < -0.3 is 19.5 Å². The van der Waals surface area contributed by atoms with Gasteiger partial charge >= 0.3 is 0 Å². The van der Waals surface area contributed by atoms with E-state index in [1.54, 1.807) is 0 Å². The van der Waals surface area contributed by atoms with E-state index in [-0.39, 0.29) is 12.9 Å². The van der Waals surface area contributed by atoms with Gasteiger partial charge in [-0.25, -0.2) is 0 Å². The Bertz CT molecular complexity index is 675. The third-order valence-electron chi connectivity index (χ3n) is 4.04. The Kier molecular flexibility index (Phi) is 3.31.